The summed E-state index contributed by atoms with van der Waals surface area (Å²) in [4.78, 5) is 4.54. The van der Waals surface area contributed by atoms with Crippen LogP contribution in [0.2, 0.25) is 0 Å². The summed E-state index contributed by atoms with van der Waals surface area (Å²) in [5.74, 6) is 0.149. The second kappa shape index (κ2) is 4.80. The number of nitrogens with one attached hydrogen (secondary N) is 1. The van der Waals surface area contributed by atoms with Gasteiger partial charge >= 0.3 is 0 Å². The van der Waals surface area contributed by atoms with Gasteiger partial charge in [-0.05, 0) is 25.0 Å². The Bertz CT molecular complexity index is 596. The number of hydrogen-bond acceptors (Lipinski definition) is 3. The fraction of sp³-hybridized carbons (Fsp3) is 0.357. The average Bonchev–Trinajstić information content (AvgIpc) is 2.36. The van der Waals surface area contributed by atoms with Crippen molar-refractivity contribution in [2.45, 2.75) is 20.3 Å². The second-order valence-electron chi connectivity index (χ2n) is 4.16. The van der Waals surface area contributed by atoms with Gasteiger partial charge in [0.1, 0.15) is 17.1 Å². The Labute approximate surface area is 106 Å². The van der Waals surface area contributed by atoms with Crippen LogP contribution in [0, 0.1) is 12.7 Å². The van der Waals surface area contributed by atoms with Crippen molar-refractivity contribution in [3.8, 4) is 5.75 Å². The minimum absolute atomic E-state index is 0.316. The van der Waals surface area contributed by atoms with Gasteiger partial charge in [-0.15, -0.1) is 0 Å². The molecule has 0 bridgehead atoms. The van der Waals surface area contributed by atoms with E-state index in [4.69, 9.17) is 4.74 Å². The number of anilines is 1. The molecule has 0 aliphatic heterocycles. The second-order valence-corrected chi connectivity index (χ2v) is 4.16. The number of ether oxygens (including phenoxy) is 1. The fourth-order valence-electron chi connectivity index (χ4n) is 2.33. The first-order chi connectivity index (χ1) is 8.62. The highest BCUT2D eigenvalue weighted by Gasteiger charge is 2.14. The van der Waals surface area contributed by atoms with Crippen LogP contribution in [-0.4, -0.2) is 19.1 Å². The van der Waals surface area contributed by atoms with Gasteiger partial charge in [0.15, 0.2) is 0 Å². The lowest BCUT2D eigenvalue weighted by Gasteiger charge is -2.15. The summed E-state index contributed by atoms with van der Waals surface area (Å²) in [7, 11) is 3.36. The van der Waals surface area contributed by atoms with Crippen LogP contribution in [0.4, 0.5) is 10.1 Å². The van der Waals surface area contributed by atoms with Crippen LogP contribution >= 0.6 is 0 Å². The van der Waals surface area contributed by atoms with Crippen LogP contribution in [0.3, 0.4) is 0 Å². The molecule has 0 fully saturated rings. The minimum Gasteiger partial charge on any atom is -0.494 e. The van der Waals surface area contributed by atoms with E-state index in [2.05, 4.69) is 17.2 Å². The number of pyridine rings is 1. The van der Waals surface area contributed by atoms with Crippen molar-refractivity contribution in [1.29, 1.82) is 0 Å². The quantitative estimate of drug-likeness (QED) is 0.905. The van der Waals surface area contributed by atoms with Crippen molar-refractivity contribution in [3.63, 3.8) is 0 Å². The summed E-state index contributed by atoms with van der Waals surface area (Å²) in [6.45, 7) is 4.02. The molecule has 0 saturated carbocycles. The van der Waals surface area contributed by atoms with E-state index in [9.17, 15) is 4.39 Å². The molecule has 0 radical (unpaired) electrons. The molecule has 3 nitrogen and oxygen atoms in total. The maximum absolute atomic E-state index is 13.6. The molecule has 1 aromatic carbocycles. The SMILES string of the molecule is CCc1c(C)nc2c(OC)cc(F)cc2c1NC. The maximum atomic E-state index is 13.6. The van der Waals surface area contributed by atoms with E-state index in [1.54, 1.807) is 0 Å². The predicted octanol–water partition coefficient (Wildman–Crippen LogP) is 3.30. The van der Waals surface area contributed by atoms with Gasteiger partial charge in [-0.2, -0.15) is 0 Å². The molecule has 0 spiro atoms. The number of halogens is 1. The third-order valence-electron chi connectivity index (χ3n) is 3.15. The van der Waals surface area contributed by atoms with E-state index >= 15 is 0 Å². The maximum Gasteiger partial charge on any atom is 0.148 e. The molecule has 2 rings (SSSR count). The molecule has 4 heteroatoms. The molecule has 96 valence electrons. The first kappa shape index (κ1) is 12.6. The topological polar surface area (TPSA) is 34.1 Å². The zero-order chi connectivity index (χ0) is 13.3. The largest absolute Gasteiger partial charge is 0.494 e. The van der Waals surface area contributed by atoms with Crippen molar-refractivity contribution in [3.05, 3.63) is 29.2 Å². The van der Waals surface area contributed by atoms with Crippen LogP contribution in [0.1, 0.15) is 18.2 Å². The number of aromatic nitrogens is 1. The van der Waals surface area contributed by atoms with Crippen LogP contribution in [0.5, 0.6) is 5.75 Å². The lowest BCUT2D eigenvalue weighted by molar-refractivity contribution is 0.415. The number of aryl methyl sites for hydroxylation is 1. The van der Waals surface area contributed by atoms with E-state index in [0.29, 0.717) is 11.3 Å². The number of fused-ring (bicyclic) bond motifs is 1. The third-order valence-corrected chi connectivity index (χ3v) is 3.15. The Morgan fingerprint density at radius 1 is 1.39 bits per heavy atom. The number of benzene rings is 1. The van der Waals surface area contributed by atoms with Crippen LogP contribution in [0.15, 0.2) is 12.1 Å². The summed E-state index contributed by atoms with van der Waals surface area (Å²) < 4.78 is 18.8. The molecule has 1 N–H and O–H groups in total. The van der Waals surface area contributed by atoms with Gasteiger partial charge < -0.3 is 10.1 Å². The lowest BCUT2D eigenvalue weighted by Crippen LogP contribution is -2.02. The molecule has 0 saturated heterocycles. The first-order valence-electron chi connectivity index (χ1n) is 5.96. The highest BCUT2D eigenvalue weighted by molar-refractivity contribution is 5.96. The average molecular weight is 248 g/mol. The Kier molecular flexibility index (Phi) is 3.36. The first-order valence-corrected chi connectivity index (χ1v) is 5.96. The number of methoxy groups -OCH3 is 1. The predicted molar refractivity (Wildman–Crippen MR) is 71.9 cm³/mol. The Balaban J connectivity index is 2.92. The highest BCUT2D eigenvalue weighted by atomic mass is 19.1. The highest BCUT2D eigenvalue weighted by Crippen LogP contribution is 2.34. The summed E-state index contributed by atoms with van der Waals surface area (Å²) in [6, 6.07) is 2.86. The molecule has 2 aromatic rings. The zero-order valence-electron chi connectivity index (χ0n) is 11.1. The van der Waals surface area contributed by atoms with Crippen LogP contribution in [-0.2, 0) is 6.42 Å². The van der Waals surface area contributed by atoms with E-state index in [0.717, 1.165) is 28.8 Å². The molecule has 0 amide bonds. The van der Waals surface area contributed by atoms with E-state index in [1.165, 1.54) is 19.2 Å². The van der Waals surface area contributed by atoms with Gasteiger partial charge in [-0.25, -0.2) is 9.37 Å². The van der Waals surface area contributed by atoms with Crippen molar-refractivity contribution >= 4 is 16.6 Å². The van der Waals surface area contributed by atoms with Gasteiger partial charge in [0.25, 0.3) is 0 Å². The molecule has 0 aliphatic carbocycles. The third kappa shape index (κ3) is 1.88. The summed E-state index contributed by atoms with van der Waals surface area (Å²) in [5.41, 5.74) is 3.67. The van der Waals surface area contributed by atoms with Crippen molar-refractivity contribution < 1.29 is 9.13 Å². The number of nitrogens with zero attached hydrogens (tertiary/aromatic N) is 1. The molecule has 1 heterocycles. The smallest absolute Gasteiger partial charge is 0.148 e. The lowest BCUT2D eigenvalue weighted by atomic mass is 10.0. The van der Waals surface area contributed by atoms with Gasteiger partial charge in [-0.1, -0.05) is 6.92 Å². The minimum atomic E-state index is -0.316. The summed E-state index contributed by atoms with van der Waals surface area (Å²) >= 11 is 0. The van der Waals surface area contributed by atoms with Crippen molar-refractivity contribution in [2.75, 3.05) is 19.5 Å². The van der Waals surface area contributed by atoms with Crippen LogP contribution in [0.25, 0.3) is 10.9 Å². The van der Waals surface area contributed by atoms with Crippen molar-refractivity contribution in [2.24, 2.45) is 0 Å². The van der Waals surface area contributed by atoms with Gasteiger partial charge in [0.05, 0.1) is 7.11 Å². The molecule has 1 aromatic heterocycles. The van der Waals surface area contributed by atoms with E-state index in [-0.39, 0.29) is 5.82 Å². The number of hydrogen-bond donors (Lipinski definition) is 1. The van der Waals surface area contributed by atoms with Gasteiger partial charge in [0.2, 0.25) is 0 Å². The Morgan fingerprint density at radius 2 is 2.11 bits per heavy atom. The van der Waals surface area contributed by atoms with E-state index in [1.807, 2.05) is 14.0 Å². The van der Waals surface area contributed by atoms with Gasteiger partial charge in [-0.3, -0.25) is 0 Å². The monoisotopic (exact) mass is 248 g/mol. The zero-order valence-corrected chi connectivity index (χ0v) is 11.1. The normalized spacial score (nSPS) is 10.7. The number of rotatable bonds is 3. The molecule has 0 atom stereocenters. The van der Waals surface area contributed by atoms with Gasteiger partial charge in [0, 0.05) is 29.9 Å². The Hall–Kier alpha value is -1.84. The molecule has 18 heavy (non-hydrogen) atoms. The summed E-state index contributed by atoms with van der Waals surface area (Å²) in [5, 5.41) is 3.91. The molecular formula is C14H17FN2O. The van der Waals surface area contributed by atoms with Crippen LogP contribution < -0.4 is 10.1 Å². The fourth-order valence-corrected chi connectivity index (χ4v) is 2.33. The molecule has 0 aliphatic rings. The molecular weight excluding hydrogens is 231 g/mol. The molecule has 0 unspecified atom stereocenters. The standard InChI is InChI=1S/C14H17FN2O/c1-5-10-8(2)17-14-11(13(10)16-3)6-9(15)7-12(14)18-4/h6-7H,5H2,1-4H3,(H,16,17). The summed E-state index contributed by atoms with van der Waals surface area (Å²) in [6.07, 6.45) is 0.851. The van der Waals surface area contributed by atoms with E-state index < -0.39 is 0 Å². The Morgan fingerprint density at radius 3 is 2.67 bits per heavy atom. The van der Waals surface area contributed by atoms with Crippen molar-refractivity contribution in [1.82, 2.24) is 4.98 Å².